The van der Waals surface area contributed by atoms with Crippen molar-refractivity contribution in [2.75, 3.05) is 13.2 Å². The smallest absolute Gasteiger partial charge is 0.0556 e. The average Bonchev–Trinajstić information content (AvgIpc) is 2.49. The van der Waals surface area contributed by atoms with E-state index in [4.69, 9.17) is 5.11 Å². The Balaban J connectivity index is 2.17. The molecule has 0 amide bonds. The summed E-state index contributed by atoms with van der Waals surface area (Å²) in [6.45, 7) is 0.914. The summed E-state index contributed by atoms with van der Waals surface area (Å²) >= 11 is 0. The number of aryl methyl sites for hydroxylation is 1. The molecule has 0 unspecified atom stereocenters. The number of hydrogen-bond acceptors (Lipinski definition) is 2. The lowest BCUT2D eigenvalue weighted by molar-refractivity contribution is 0.282. The number of fused-ring (bicyclic) bond motifs is 1. The second-order valence-corrected chi connectivity index (χ2v) is 4.17. The number of nitrogens with one attached hydrogen (secondary N) is 1. The SMILES string of the molecule is OCCN[C@H]1CCCCc2ccccc21. The third-order valence-electron chi connectivity index (χ3n) is 3.12. The molecule has 0 fully saturated rings. The van der Waals surface area contributed by atoms with Crippen molar-refractivity contribution in [1.82, 2.24) is 5.32 Å². The van der Waals surface area contributed by atoms with Gasteiger partial charge in [0.15, 0.2) is 0 Å². The minimum Gasteiger partial charge on any atom is -0.395 e. The summed E-state index contributed by atoms with van der Waals surface area (Å²) in [5.74, 6) is 0. The van der Waals surface area contributed by atoms with Gasteiger partial charge in [-0.3, -0.25) is 0 Å². The van der Waals surface area contributed by atoms with E-state index in [1.807, 2.05) is 0 Å². The highest BCUT2D eigenvalue weighted by Crippen LogP contribution is 2.28. The van der Waals surface area contributed by atoms with Gasteiger partial charge in [0, 0.05) is 12.6 Å². The van der Waals surface area contributed by atoms with Crippen molar-refractivity contribution >= 4 is 0 Å². The number of aliphatic hydroxyl groups is 1. The maximum atomic E-state index is 8.85. The van der Waals surface area contributed by atoms with Gasteiger partial charge in [-0.1, -0.05) is 30.7 Å². The summed E-state index contributed by atoms with van der Waals surface area (Å²) in [5.41, 5.74) is 2.91. The summed E-state index contributed by atoms with van der Waals surface area (Å²) < 4.78 is 0. The molecule has 1 aliphatic rings. The zero-order valence-electron chi connectivity index (χ0n) is 9.08. The topological polar surface area (TPSA) is 32.3 Å². The van der Waals surface area contributed by atoms with E-state index in [0.29, 0.717) is 12.6 Å². The van der Waals surface area contributed by atoms with Crippen LogP contribution in [0.25, 0.3) is 0 Å². The Hall–Kier alpha value is -0.860. The fourth-order valence-corrected chi connectivity index (χ4v) is 2.37. The maximum Gasteiger partial charge on any atom is 0.0556 e. The predicted octanol–water partition coefficient (Wildman–Crippen LogP) is 2.04. The highest BCUT2D eigenvalue weighted by atomic mass is 16.3. The van der Waals surface area contributed by atoms with E-state index < -0.39 is 0 Å². The molecule has 0 saturated heterocycles. The van der Waals surface area contributed by atoms with Crippen LogP contribution in [0.3, 0.4) is 0 Å². The van der Waals surface area contributed by atoms with Gasteiger partial charge in [0.05, 0.1) is 6.61 Å². The van der Waals surface area contributed by atoms with Gasteiger partial charge in [-0.25, -0.2) is 0 Å². The minimum atomic E-state index is 0.221. The van der Waals surface area contributed by atoms with Crippen molar-refractivity contribution in [2.45, 2.75) is 31.7 Å². The van der Waals surface area contributed by atoms with Crippen LogP contribution in [0.15, 0.2) is 24.3 Å². The molecule has 0 spiro atoms. The number of rotatable bonds is 3. The molecular weight excluding hydrogens is 186 g/mol. The van der Waals surface area contributed by atoms with Crippen LogP contribution in [-0.2, 0) is 6.42 Å². The molecule has 1 atom stereocenters. The van der Waals surface area contributed by atoms with Gasteiger partial charge in [-0.05, 0) is 30.4 Å². The standard InChI is InChI=1S/C13H19NO/c15-10-9-14-13-8-4-2-6-11-5-1-3-7-12(11)13/h1,3,5,7,13-15H,2,4,6,8-10H2/t13-/m0/s1. The predicted molar refractivity (Wildman–Crippen MR) is 61.8 cm³/mol. The molecule has 2 heteroatoms. The Morgan fingerprint density at radius 3 is 3.00 bits per heavy atom. The third-order valence-corrected chi connectivity index (χ3v) is 3.12. The second-order valence-electron chi connectivity index (χ2n) is 4.17. The van der Waals surface area contributed by atoms with E-state index in [0.717, 1.165) is 0 Å². The molecule has 0 aliphatic heterocycles. The van der Waals surface area contributed by atoms with E-state index >= 15 is 0 Å². The number of benzene rings is 1. The summed E-state index contributed by atoms with van der Waals surface area (Å²) in [6.07, 6.45) is 4.95. The zero-order chi connectivity index (χ0) is 10.5. The van der Waals surface area contributed by atoms with Gasteiger partial charge in [0.25, 0.3) is 0 Å². The molecule has 0 radical (unpaired) electrons. The molecule has 0 bridgehead atoms. The van der Waals surface area contributed by atoms with Crippen molar-refractivity contribution in [3.63, 3.8) is 0 Å². The summed E-state index contributed by atoms with van der Waals surface area (Å²) in [6, 6.07) is 9.12. The van der Waals surface area contributed by atoms with E-state index in [1.54, 1.807) is 0 Å². The first-order valence-electron chi connectivity index (χ1n) is 5.84. The van der Waals surface area contributed by atoms with Crippen molar-refractivity contribution in [3.8, 4) is 0 Å². The lowest BCUT2D eigenvalue weighted by Gasteiger charge is -2.18. The van der Waals surface area contributed by atoms with Crippen LogP contribution in [0.1, 0.15) is 36.4 Å². The molecule has 82 valence electrons. The second kappa shape index (κ2) is 5.29. The van der Waals surface area contributed by atoms with Gasteiger partial charge in [-0.2, -0.15) is 0 Å². The molecule has 0 aromatic heterocycles. The summed E-state index contributed by atoms with van der Waals surface area (Å²) in [4.78, 5) is 0. The van der Waals surface area contributed by atoms with Crippen LogP contribution in [0.4, 0.5) is 0 Å². The van der Waals surface area contributed by atoms with E-state index in [2.05, 4.69) is 29.6 Å². The van der Waals surface area contributed by atoms with Gasteiger partial charge in [0.2, 0.25) is 0 Å². The molecule has 0 saturated carbocycles. The van der Waals surface area contributed by atoms with E-state index in [1.165, 1.54) is 36.8 Å². The van der Waals surface area contributed by atoms with Crippen molar-refractivity contribution in [1.29, 1.82) is 0 Å². The first kappa shape index (κ1) is 10.7. The van der Waals surface area contributed by atoms with Crippen LogP contribution in [0.5, 0.6) is 0 Å². The molecule has 1 aliphatic carbocycles. The Labute approximate surface area is 91.3 Å². The normalized spacial score (nSPS) is 20.7. The molecule has 2 rings (SSSR count). The number of hydrogen-bond donors (Lipinski definition) is 2. The molecule has 15 heavy (non-hydrogen) atoms. The Kier molecular flexibility index (Phi) is 3.75. The first-order valence-corrected chi connectivity index (χ1v) is 5.84. The van der Waals surface area contributed by atoms with E-state index in [-0.39, 0.29) is 6.61 Å². The van der Waals surface area contributed by atoms with Gasteiger partial charge in [-0.15, -0.1) is 0 Å². The Bertz CT molecular complexity index is 311. The number of aliphatic hydroxyl groups excluding tert-OH is 1. The summed E-state index contributed by atoms with van der Waals surface area (Å²) in [7, 11) is 0. The Morgan fingerprint density at radius 2 is 2.13 bits per heavy atom. The molecule has 1 aromatic carbocycles. The van der Waals surface area contributed by atoms with Crippen molar-refractivity contribution < 1.29 is 5.11 Å². The average molecular weight is 205 g/mol. The van der Waals surface area contributed by atoms with Crippen LogP contribution in [0, 0.1) is 0 Å². The summed E-state index contributed by atoms with van der Waals surface area (Å²) in [5, 5.41) is 12.3. The highest BCUT2D eigenvalue weighted by Gasteiger charge is 2.16. The van der Waals surface area contributed by atoms with Crippen LogP contribution < -0.4 is 5.32 Å². The van der Waals surface area contributed by atoms with Crippen LogP contribution >= 0.6 is 0 Å². The van der Waals surface area contributed by atoms with Gasteiger partial charge in [0.1, 0.15) is 0 Å². The largest absolute Gasteiger partial charge is 0.395 e. The maximum absolute atomic E-state index is 8.85. The monoisotopic (exact) mass is 205 g/mol. The van der Waals surface area contributed by atoms with Crippen LogP contribution in [-0.4, -0.2) is 18.3 Å². The highest BCUT2D eigenvalue weighted by molar-refractivity contribution is 5.31. The molecular formula is C13H19NO. The fraction of sp³-hybridized carbons (Fsp3) is 0.538. The fourth-order valence-electron chi connectivity index (χ4n) is 2.37. The lowest BCUT2D eigenvalue weighted by atomic mass is 9.99. The minimum absolute atomic E-state index is 0.221. The lowest BCUT2D eigenvalue weighted by Crippen LogP contribution is -2.24. The van der Waals surface area contributed by atoms with Crippen molar-refractivity contribution in [3.05, 3.63) is 35.4 Å². The molecule has 1 aromatic rings. The zero-order valence-corrected chi connectivity index (χ0v) is 9.08. The Morgan fingerprint density at radius 1 is 1.27 bits per heavy atom. The first-order chi connectivity index (χ1) is 7.42. The molecule has 2 nitrogen and oxygen atoms in total. The van der Waals surface area contributed by atoms with Gasteiger partial charge >= 0.3 is 0 Å². The molecule has 2 N–H and O–H groups in total. The van der Waals surface area contributed by atoms with Crippen LogP contribution in [0.2, 0.25) is 0 Å². The van der Waals surface area contributed by atoms with Gasteiger partial charge < -0.3 is 10.4 Å². The van der Waals surface area contributed by atoms with Crippen molar-refractivity contribution in [2.24, 2.45) is 0 Å². The quantitative estimate of drug-likeness (QED) is 0.740. The third kappa shape index (κ3) is 2.58. The molecule has 0 heterocycles. The van der Waals surface area contributed by atoms with E-state index in [9.17, 15) is 0 Å².